The summed E-state index contributed by atoms with van der Waals surface area (Å²) in [6.07, 6.45) is -0.223. The zero-order valence-electron chi connectivity index (χ0n) is 12.6. The van der Waals surface area contributed by atoms with E-state index >= 15 is 0 Å². The Morgan fingerprint density at radius 2 is 1.76 bits per heavy atom. The second-order valence-corrected chi connectivity index (χ2v) is 22.6. The summed E-state index contributed by atoms with van der Waals surface area (Å²) in [5.74, 6) is -1.52. The maximum atomic E-state index is 13.6. The first-order valence-electron chi connectivity index (χ1n) is 6.77. The Bertz CT molecular complexity index is 666. The van der Waals surface area contributed by atoms with E-state index in [9.17, 15) is 13.6 Å². The van der Waals surface area contributed by atoms with E-state index in [2.05, 4.69) is 20.9 Å². The van der Waals surface area contributed by atoms with E-state index in [1.807, 2.05) is 6.92 Å². The molecule has 0 aliphatic rings. The molecular weight excluding hydrogens is 397 g/mol. The van der Waals surface area contributed by atoms with Gasteiger partial charge in [-0.1, -0.05) is 0 Å². The number of thiophene rings is 1. The van der Waals surface area contributed by atoms with Crippen molar-refractivity contribution < 1.29 is 13.6 Å². The zero-order chi connectivity index (χ0) is 15.8. The van der Waals surface area contributed by atoms with Crippen molar-refractivity contribution >= 4 is 38.4 Å². The van der Waals surface area contributed by atoms with Gasteiger partial charge in [-0.05, 0) is 0 Å². The Kier molecular flexibility index (Phi) is 4.88. The minimum atomic E-state index is -2.22. The second kappa shape index (κ2) is 6.16. The fourth-order valence-corrected chi connectivity index (χ4v) is 8.59. The first-order valence-corrected chi connectivity index (χ1v) is 17.6. The summed E-state index contributed by atoms with van der Waals surface area (Å²) in [5, 5.41) is 0. The van der Waals surface area contributed by atoms with E-state index in [4.69, 9.17) is 0 Å². The third-order valence-electron chi connectivity index (χ3n) is 3.31. The molecule has 0 unspecified atom stereocenters. The molecule has 0 aliphatic heterocycles. The topological polar surface area (TPSA) is 17.1 Å². The molecule has 0 saturated carbocycles. The van der Waals surface area contributed by atoms with Gasteiger partial charge in [-0.2, -0.15) is 0 Å². The van der Waals surface area contributed by atoms with Crippen LogP contribution in [0.25, 0.3) is 0 Å². The molecule has 112 valence electrons. The van der Waals surface area contributed by atoms with E-state index < -0.39 is 30.0 Å². The second-order valence-electron chi connectivity index (χ2n) is 6.17. The van der Waals surface area contributed by atoms with Crippen LogP contribution in [0.4, 0.5) is 8.78 Å². The average Bonchev–Trinajstić information content (AvgIpc) is 2.76. The van der Waals surface area contributed by atoms with Crippen LogP contribution in [0.15, 0.2) is 24.3 Å². The maximum absolute atomic E-state index is 13.6. The number of halogens is 2. The minimum absolute atomic E-state index is 0.142. The van der Waals surface area contributed by atoms with Crippen molar-refractivity contribution in [2.24, 2.45) is 0 Å². The molecule has 1 aromatic carbocycles. The monoisotopic (exact) mass is 416 g/mol. The van der Waals surface area contributed by atoms with Gasteiger partial charge in [0.1, 0.15) is 0 Å². The third-order valence-corrected chi connectivity index (χ3v) is 14.0. The van der Waals surface area contributed by atoms with Crippen LogP contribution < -0.4 is 2.89 Å². The molecule has 0 saturated heterocycles. The van der Waals surface area contributed by atoms with Gasteiger partial charge in [0.15, 0.2) is 0 Å². The van der Waals surface area contributed by atoms with Crippen LogP contribution in [0.3, 0.4) is 0 Å². The van der Waals surface area contributed by atoms with Gasteiger partial charge in [0.05, 0.1) is 0 Å². The Balaban J connectivity index is 2.31. The van der Waals surface area contributed by atoms with Crippen LogP contribution in [0, 0.1) is 18.6 Å². The van der Waals surface area contributed by atoms with Crippen molar-refractivity contribution in [3.8, 4) is 0 Å². The van der Waals surface area contributed by atoms with Crippen LogP contribution >= 0.6 is 11.3 Å². The van der Waals surface area contributed by atoms with Gasteiger partial charge in [-0.3, -0.25) is 0 Å². The van der Waals surface area contributed by atoms with Crippen LogP contribution in [0.1, 0.15) is 20.8 Å². The number of hydrogen-bond donors (Lipinski definition) is 0. The summed E-state index contributed by atoms with van der Waals surface area (Å²) in [6.45, 7) is 1.89. The Labute approximate surface area is 131 Å². The number of Topliss-reactive ketones (excluding diaryl/α,β-unsaturated/α-hetero) is 1. The number of carbonyl (C=O) groups is 1. The number of ketones is 1. The van der Waals surface area contributed by atoms with Crippen LogP contribution in [-0.4, -0.2) is 24.2 Å². The van der Waals surface area contributed by atoms with Gasteiger partial charge in [0.25, 0.3) is 0 Å². The number of rotatable bonds is 4. The molecule has 2 rings (SSSR count). The average molecular weight is 415 g/mol. The third kappa shape index (κ3) is 3.72. The number of hydrogen-bond acceptors (Lipinski definition) is 2. The molecule has 21 heavy (non-hydrogen) atoms. The van der Waals surface area contributed by atoms with Crippen molar-refractivity contribution in [3.05, 3.63) is 51.9 Å². The standard InChI is InChI=1S/C13H9F2OS.3CH3.Sn/c1-8-5-6-17-13(8)12(16)7-9-10(14)3-2-4-11(9)15;;;;/h2-5H,7H2,1H3;3*1H3;. The van der Waals surface area contributed by atoms with Gasteiger partial charge in [0, 0.05) is 0 Å². The molecule has 1 heterocycles. The molecule has 0 aliphatic carbocycles. The fourth-order valence-electron chi connectivity index (χ4n) is 2.07. The van der Waals surface area contributed by atoms with Crippen molar-refractivity contribution in [1.82, 2.24) is 0 Å². The first kappa shape index (κ1) is 16.6. The number of aryl methyl sites for hydroxylation is 1. The van der Waals surface area contributed by atoms with Crippen molar-refractivity contribution in [1.29, 1.82) is 0 Å². The zero-order valence-corrected chi connectivity index (χ0v) is 16.3. The van der Waals surface area contributed by atoms with E-state index in [1.54, 1.807) is 0 Å². The van der Waals surface area contributed by atoms with Crippen molar-refractivity contribution in [3.63, 3.8) is 0 Å². The molecule has 0 amide bonds. The number of benzene rings is 1. The van der Waals surface area contributed by atoms with Crippen molar-refractivity contribution in [2.45, 2.75) is 28.2 Å². The summed E-state index contributed by atoms with van der Waals surface area (Å²) in [7, 11) is 0. The van der Waals surface area contributed by atoms with E-state index in [-0.39, 0.29) is 17.8 Å². The number of carbonyl (C=O) groups excluding carboxylic acids is 1. The summed E-state index contributed by atoms with van der Waals surface area (Å²) >= 11 is -0.719. The Hall–Kier alpha value is -0.751. The SMILES string of the molecule is Cc1c[c]([Sn]([CH3])([CH3])[CH3])sc1C(=O)Cc1c(F)cccc1F. The van der Waals surface area contributed by atoms with Crippen molar-refractivity contribution in [2.75, 3.05) is 0 Å². The Morgan fingerprint density at radius 1 is 1.19 bits per heavy atom. The fraction of sp³-hybridized carbons (Fsp3) is 0.312. The normalized spacial score (nSPS) is 11.7. The molecule has 0 atom stereocenters. The summed E-state index contributed by atoms with van der Waals surface area (Å²) in [6, 6.07) is 5.75. The molecule has 0 bridgehead atoms. The van der Waals surface area contributed by atoms with Gasteiger partial charge in [-0.15, -0.1) is 0 Å². The molecular formula is C16H18F2OSSn. The van der Waals surface area contributed by atoms with Crippen LogP contribution in [0.2, 0.25) is 14.8 Å². The first-order chi connectivity index (χ1) is 9.70. The summed E-state index contributed by atoms with van der Waals surface area (Å²) < 4.78 is 28.6. The van der Waals surface area contributed by atoms with E-state index in [0.29, 0.717) is 4.88 Å². The Morgan fingerprint density at radius 3 is 2.24 bits per heavy atom. The molecule has 0 spiro atoms. The quantitative estimate of drug-likeness (QED) is 0.538. The molecule has 1 nitrogen and oxygen atoms in total. The predicted octanol–water partition coefficient (Wildman–Crippen LogP) is 4.31. The molecule has 0 N–H and O–H groups in total. The van der Waals surface area contributed by atoms with Crippen LogP contribution in [0.5, 0.6) is 0 Å². The van der Waals surface area contributed by atoms with Gasteiger partial charge in [0.2, 0.25) is 0 Å². The molecule has 0 fully saturated rings. The van der Waals surface area contributed by atoms with Crippen LogP contribution in [-0.2, 0) is 6.42 Å². The van der Waals surface area contributed by atoms with Gasteiger partial charge in [-0.25, -0.2) is 0 Å². The molecule has 0 radical (unpaired) electrons. The van der Waals surface area contributed by atoms with E-state index in [0.717, 1.165) is 5.56 Å². The molecule has 2 aromatic rings. The molecule has 5 heteroatoms. The van der Waals surface area contributed by atoms with E-state index in [1.165, 1.54) is 32.4 Å². The molecule has 1 aromatic heterocycles. The summed E-state index contributed by atoms with van der Waals surface area (Å²) in [4.78, 5) is 19.9. The predicted molar refractivity (Wildman–Crippen MR) is 86.4 cm³/mol. The summed E-state index contributed by atoms with van der Waals surface area (Å²) in [5.41, 5.74) is 0.777. The van der Waals surface area contributed by atoms with Gasteiger partial charge >= 0.3 is 132 Å². The van der Waals surface area contributed by atoms with Gasteiger partial charge < -0.3 is 0 Å².